The lowest BCUT2D eigenvalue weighted by atomic mass is 9.78. The molecule has 0 aliphatic heterocycles. The maximum absolute atomic E-state index is 12.0. The predicted molar refractivity (Wildman–Crippen MR) is 79.1 cm³/mol. The summed E-state index contributed by atoms with van der Waals surface area (Å²) in [7, 11) is 0. The van der Waals surface area contributed by atoms with E-state index in [1.807, 2.05) is 0 Å². The molecule has 1 rings (SSSR count). The Kier molecular flexibility index (Phi) is 5.96. The molecular formula is C15H25NO6. The molecule has 0 radical (unpaired) electrons. The molecule has 0 aromatic carbocycles. The van der Waals surface area contributed by atoms with Crippen molar-refractivity contribution >= 4 is 12.1 Å². The number of aliphatic hydroxyl groups excluding tert-OH is 1. The summed E-state index contributed by atoms with van der Waals surface area (Å²) >= 11 is 0. The molecule has 7 nitrogen and oxygen atoms in total. The summed E-state index contributed by atoms with van der Waals surface area (Å²) in [6, 6.07) is -0.490. The molecule has 0 saturated heterocycles. The first-order valence-electron chi connectivity index (χ1n) is 7.30. The van der Waals surface area contributed by atoms with Crippen LogP contribution in [0.2, 0.25) is 0 Å². The van der Waals surface area contributed by atoms with E-state index in [4.69, 9.17) is 9.47 Å². The highest BCUT2D eigenvalue weighted by Crippen LogP contribution is 2.30. The summed E-state index contributed by atoms with van der Waals surface area (Å²) in [4.78, 5) is 23.7. The second-order valence-electron chi connectivity index (χ2n) is 6.30. The monoisotopic (exact) mass is 315 g/mol. The van der Waals surface area contributed by atoms with Gasteiger partial charge in [-0.05, 0) is 34.1 Å². The number of carbonyl (C=O) groups is 2. The number of aliphatic hydroxyl groups is 2. The number of amides is 1. The Morgan fingerprint density at radius 1 is 1.41 bits per heavy atom. The van der Waals surface area contributed by atoms with Gasteiger partial charge in [0.2, 0.25) is 0 Å². The summed E-state index contributed by atoms with van der Waals surface area (Å²) in [5.74, 6) is -1.57. The molecule has 1 aliphatic rings. The van der Waals surface area contributed by atoms with E-state index in [2.05, 4.69) is 5.32 Å². The van der Waals surface area contributed by atoms with Crippen LogP contribution in [0.5, 0.6) is 0 Å². The molecule has 22 heavy (non-hydrogen) atoms. The molecule has 0 bridgehead atoms. The fourth-order valence-electron chi connectivity index (χ4n) is 2.21. The van der Waals surface area contributed by atoms with Gasteiger partial charge in [0.25, 0.3) is 0 Å². The van der Waals surface area contributed by atoms with E-state index in [9.17, 15) is 19.8 Å². The van der Waals surface area contributed by atoms with Crippen molar-refractivity contribution < 1.29 is 29.3 Å². The average Bonchev–Trinajstić information content (AvgIpc) is 2.39. The second-order valence-corrected chi connectivity index (χ2v) is 6.30. The van der Waals surface area contributed by atoms with E-state index in [-0.39, 0.29) is 13.0 Å². The number of ether oxygens (including phenoxy) is 2. The van der Waals surface area contributed by atoms with Gasteiger partial charge in [-0.25, -0.2) is 4.79 Å². The van der Waals surface area contributed by atoms with E-state index in [0.29, 0.717) is 0 Å². The third-order valence-corrected chi connectivity index (χ3v) is 3.24. The normalized spacial score (nSPS) is 28.1. The van der Waals surface area contributed by atoms with Crippen LogP contribution in [0.3, 0.4) is 0 Å². The summed E-state index contributed by atoms with van der Waals surface area (Å²) in [5, 5.41) is 22.2. The smallest absolute Gasteiger partial charge is 0.408 e. The van der Waals surface area contributed by atoms with Crippen molar-refractivity contribution in [1.29, 1.82) is 0 Å². The molecule has 0 spiro atoms. The first-order chi connectivity index (χ1) is 10.1. The van der Waals surface area contributed by atoms with Gasteiger partial charge in [0.15, 0.2) is 0 Å². The van der Waals surface area contributed by atoms with Crippen LogP contribution in [-0.4, -0.2) is 52.7 Å². The zero-order valence-corrected chi connectivity index (χ0v) is 13.5. The summed E-state index contributed by atoms with van der Waals surface area (Å²) in [6.07, 6.45) is 2.36. The molecule has 3 atom stereocenters. The van der Waals surface area contributed by atoms with Crippen molar-refractivity contribution in [3.05, 3.63) is 12.2 Å². The van der Waals surface area contributed by atoms with Crippen LogP contribution in [0, 0.1) is 5.92 Å². The van der Waals surface area contributed by atoms with Crippen molar-refractivity contribution in [2.24, 2.45) is 5.92 Å². The first kappa shape index (κ1) is 18.4. The third kappa shape index (κ3) is 4.99. The topological polar surface area (TPSA) is 105 Å². The van der Waals surface area contributed by atoms with E-state index in [1.54, 1.807) is 27.7 Å². The summed E-state index contributed by atoms with van der Waals surface area (Å²) < 4.78 is 10.1. The minimum Gasteiger partial charge on any atom is -0.466 e. The fourth-order valence-corrected chi connectivity index (χ4v) is 2.21. The molecule has 126 valence electrons. The van der Waals surface area contributed by atoms with Gasteiger partial charge in [-0.1, -0.05) is 12.2 Å². The number of hydrogen-bond donors (Lipinski definition) is 3. The van der Waals surface area contributed by atoms with Gasteiger partial charge in [-0.15, -0.1) is 0 Å². The Balaban J connectivity index is 2.79. The number of rotatable bonds is 4. The number of nitrogens with one attached hydrogen (secondary N) is 1. The molecular weight excluding hydrogens is 290 g/mol. The highest BCUT2D eigenvalue weighted by atomic mass is 16.6. The highest BCUT2D eigenvalue weighted by molar-refractivity contribution is 5.75. The first-order valence-corrected chi connectivity index (χ1v) is 7.30. The van der Waals surface area contributed by atoms with E-state index >= 15 is 0 Å². The zero-order chi connectivity index (χ0) is 17.0. The standard InChI is InChI=1S/C15H25NO6/c1-5-21-12(18)11-8-10(6-7-15(11,20)9-17)16-13(19)22-14(2,3)4/h6-7,10-11,17,20H,5,8-9H2,1-4H3,(H,16,19)/t10-,11-,15+/m1/s1. The van der Waals surface area contributed by atoms with Crippen LogP contribution in [0.25, 0.3) is 0 Å². The Morgan fingerprint density at radius 3 is 2.55 bits per heavy atom. The summed E-state index contributed by atoms with van der Waals surface area (Å²) in [5.41, 5.74) is -2.31. The molecule has 3 N–H and O–H groups in total. The maximum Gasteiger partial charge on any atom is 0.408 e. The van der Waals surface area contributed by atoms with Crippen molar-refractivity contribution in [3.63, 3.8) is 0 Å². The Bertz CT molecular complexity index is 442. The lowest BCUT2D eigenvalue weighted by molar-refractivity contribution is -0.159. The van der Waals surface area contributed by atoms with E-state index < -0.39 is 41.8 Å². The van der Waals surface area contributed by atoms with Gasteiger partial charge >= 0.3 is 12.1 Å². The Morgan fingerprint density at radius 2 is 2.05 bits per heavy atom. The molecule has 0 fully saturated rings. The van der Waals surface area contributed by atoms with Crippen LogP contribution < -0.4 is 5.32 Å². The van der Waals surface area contributed by atoms with Crippen LogP contribution in [0.4, 0.5) is 4.79 Å². The quantitative estimate of drug-likeness (QED) is 0.522. The fraction of sp³-hybridized carbons (Fsp3) is 0.733. The number of alkyl carbamates (subject to hydrolysis) is 1. The average molecular weight is 315 g/mol. The van der Waals surface area contributed by atoms with Gasteiger partial charge in [-0.3, -0.25) is 4.79 Å². The zero-order valence-electron chi connectivity index (χ0n) is 13.5. The second kappa shape index (κ2) is 7.11. The number of esters is 1. The van der Waals surface area contributed by atoms with Crippen molar-refractivity contribution in [3.8, 4) is 0 Å². The van der Waals surface area contributed by atoms with Crippen LogP contribution >= 0.6 is 0 Å². The van der Waals surface area contributed by atoms with Crippen LogP contribution in [0.15, 0.2) is 12.2 Å². The molecule has 0 heterocycles. The predicted octanol–water partition coefficient (Wildman–Crippen LogP) is 0.742. The minimum absolute atomic E-state index is 0.117. The van der Waals surface area contributed by atoms with Gasteiger partial charge in [-0.2, -0.15) is 0 Å². The van der Waals surface area contributed by atoms with Crippen molar-refractivity contribution in [2.75, 3.05) is 13.2 Å². The lowest BCUT2D eigenvalue weighted by Gasteiger charge is -2.36. The summed E-state index contributed by atoms with van der Waals surface area (Å²) in [6.45, 7) is 6.46. The van der Waals surface area contributed by atoms with E-state index in [0.717, 1.165) is 0 Å². The molecule has 0 aromatic rings. The molecule has 1 aliphatic carbocycles. The lowest BCUT2D eigenvalue weighted by Crippen LogP contribution is -2.51. The number of hydrogen-bond acceptors (Lipinski definition) is 6. The van der Waals surface area contributed by atoms with Gasteiger partial charge < -0.3 is 25.0 Å². The van der Waals surface area contributed by atoms with Crippen LogP contribution in [0.1, 0.15) is 34.1 Å². The Labute approximate surface area is 130 Å². The Hall–Kier alpha value is -1.60. The molecule has 7 heteroatoms. The molecule has 0 saturated carbocycles. The van der Waals surface area contributed by atoms with Crippen molar-refractivity contribution in [1.82, 2.24) is 5.32 Å². The SMILES string of the molecule is CCOC(=O)[C@H]1C[C@H](NC(=O)OC(C)(C)C)C=C[C@]1(O)CO. The van der Waals surface area contributed by atoms with Crippen LogP contribution in [-0.2, 0) is 14.3 Å². The highest BCUT2D eigenvalue weighted by Gasteiger charge is 2.44. The van der Waals surface area contributed by atoms with Gasteiger partial charge in [0, 0.05) is 0 Å². The largest absolute Gasteiger partial charge is 0.466 e. The third-order valence-electron chi connectivity index (χ3n) is 3.24. The van der Waals surface area contributed by atoms with Gasteiger partial charge in [0.1, 0.15) is 11.2 Å². The van der Waals surface area contributed by atoms with Gasteiger partial charge in [0.05, 0.1) is 25.2 Å². The minimum atomic E-state index is -1.68. The molecule has 0 unspecified atom stereocenters. The molecule has 1 amide bonds. The van der Waals surface area contributed by atoms with Crippen molar-refractivity contribution in [2.45, 2.75) is 51.4 Å². The maximum atomic E-state index is 12.0. The van der Waals surface area contributed by atoms with E-state index in [1.165, 1.54) is 12.2 Å². The molecule has 0 aromatic heterocycles. The number of carbonyl (C=O) groups excluding carboxylic acids is 2.